The Labute approximate surface area is 163 Å². The summed E-state index contributed by atoms with van der Waals surface area (Å²) in [4.78, 5) is 25.7. The van der Waals surface area contributed by atoms with E-state index in [-0.39, 0.29) is 9.46 Å². The molecule has 1 aliphatic rings. The maximum Gasteiger partial charge on any atom is 0.338 e. The smallest absolute Gasteiger partial charge is 0.338 e. The second kappa shape index (κ2) is 6.74. The number of anilines is 1. The van der Waals surface area contributed by atoms with Gasteiger partial charge in [0.1, 0.15) is 3.55 Å². The molecule has 0 N–H and O–H groups in total. The molecule has 0 spiro atoms. The molecule has 0 amide bonds. The fourth-order valence-electron chi connectivity index (χ4n) is 3.72. The summed E-state index contributed by atoms with van der Waals surface area (Å²) in [6.45, 7) is 14.0. The first-order chi connectivity index (χ1) is 11.4. The van der Waals surface area contributed by atoms with E-state index < -0.39 is 11.9 Å². The molecule has 0 saturated heterocycles. The van der Waals surface area contributed by atoms with Crippen molar-refractivity contribution in [1.29, 1.82) is 0 Å². The summed E-state index contributed by atoms with van der Waals surface area (Å²) in [5, 5.41) is 0. The van der Waals surface area contributed by atoms with Crippen LogP contribution < -0.4 is 4.90 Å². The van der Waals surface area contributed by atoms with Crippen LogP contribution in [0.5, 0.6) is 0 Å². The first kappa shape index (κ1) is 19.9. The molecule has 4 nitrogen and oxygen atoms in total. The molecule has 0 aromatic heterocycles. The lowest BCUT2D eigenvalue weighted by Gasteiger charge is -2.37. The van der Waals surface area contributed by atoms with Gasteiger partial charge in [0.05, 0.1) is 0 Å². The third kappa shape index (κ3) is 3.00. The number of carbonyl (C=O) groups is 2. The second-order valence-corrected chi connectivity index (χ2v) is 8.73. The second-order valence-electron chi connectivity index (χ2n) is 7.08. The number of hydrogen-bond acceptors (Lipinski definition) is 4. The monoisotopic (exact) mass is 455 g/mol. The Morgan fingerprint density at radius 1 is 1.08 bits per heavy atom. The van der Waals surface area contributed by atoms with E-state index in [0.29, 0.717) is 0 Å². The first-order valence-electron chi connectivity index (χ1n) is 8.42. The highest BCUT2D eigenvalue weighted by Crippen LogP contribution is 2.56. The van der Waals surface area contributed by atoms with Gasteiger partial charge in [-0.3, -0.25) is 4.79 Å². The molecule has 1 aromatic carbocycles. The number of carbonyl (C=O) groups excluding carboxylic acids is 2. The zero-order chi connectivity index (χ0) is 19.3. The highest BCUT2D eigenvalue weighted by molar-refractivity contribution is 14.1. The van der Waals surface area contributed by atoms with Crippen LogP contribution in [-0.4, -0.2) is 22.5 Å². The normalized spacial score (nSPS) is 21.0. The molecule has 0 saturated carbocycles. The summed E-state index contributed by atoms with van der Waals surface area (Å²) >= 11 is 2.43. The summed E-state index contributed by atoms with van der Waals surface area (Å²) in [6, 6.07) is 0. The number of hydrogen-bond donors (Lipinski definition) is 0. The van der Waals surface area contributed by atoms with Crippen LogP contribution in [0.1, 0.15) is 48.6 Å². The predicted octanol–water partition coefficient (Wildman–Crippen LogP) is 4.63. The van der Waals surface area contributed by atoms with Gasteiger partial charge in [-0.1, -0.05) is 13.8 Å². The van der Waals surface area contributed by atoms with Crippen LogP contribution in [0.25, 0.3) is 5.57 Å². The van der Waals surface area contributed by atoms with Gasteiger partial charge in [-0.25, -0.2) is 4.79 Å². The van der Waals surface area contributed by atoms with Crippen LogP contribution in [0.15, 0.2) is 6.08 Å². The summed E-state index contributed by atoms with van der Waals surface area (Å²) in [6.07, 6.45) is 1.50. The number of ether oxygens (including phenoxy) is 1. The Morgan fingerprint density at radius 3 is 2.08 bits per heavy atom. The van der Waals surface area contributed by atoms with E-state index in [2.05, 4.69) is 76.1 Å². The number of esters is 2. The zero-order valence-electron chi connectivity index (χ0n) is 16.2. The van der Waals surface area contributed by atoms with Crippen LogP contribution in [0.4, 0.5) is 5.69 Å². The summed E-state index contributed by atoms with van der Waals surface area (Å²) < 4.78 is 4.40. The maximum absolute atomic E-state index is 12.2. The van der Waals surface area contributed by atoms with E-state index in [1.165, 1.54) is 35.3 Å². The van der Waals surface area contributed by atoms with Gasteiger partial charge in [0, 0.05) is 36.9 Å². The molecule has 25 heavy (non-hydrogen) atoms. The van der Waals surface area contributed by atoms with E-state index >= 15 is 0 Å². The van der Waals surface area contributed by atoms with E-state index in [0.717, 1.165) is 16.8 Å². The van der Waals surface area contributed by atoms with Crippen LogP contribution in [0.3, 0.4) is 0 Å². The van der Waals surface area contributed by atoms with Gasteiger partial charge in [-0.05, 0) is 78.5 Å². The molecule has 1 heterocycles. The minimum absolute atomic E-state index is 0.251. The lowest BCUT2D eigenvalue weighted by molar-refractivity contribution is -0.154. The van der Waals surface area contributed by atoms with Gasteiger partial charge < -0.3 is 9.64 Å². The third-order valence-electron chi connectivity index (χ3n) is 5.40. The molecule has 5 heteroatoms. The largest absolute Gasteiger partial charge is 0.390 e. The lowest BCUT2D eigenvalue weighted by Crippen LogP contribution is -2.42. The van der Waals surface area contributed by atoms with Gasteiger partial charge in [-0.15, -0.1) is 0 Å². The number of benzene rings is 1. The van der Waals surface area contributed by atoms with Crippen molar-refractivity contribution >= 4 is 45.8 Å². The zero-order valence-corrected chi connectivity index (χ0v) is 18.4. The SMILES string of the molecule is CC(=O)OC(=O)/C=C1/c2c(C)c(C)c(C)c(C)c2N(C)C1(I)C(C)C. The Bertz CT molecular complexity index is 795. The lowest BCUT2D eigenvalue weighted by atomic mass is 9.87. The van der Waals surface area contributed by atoms with Crippen LogP contribution in [0.2, 0.25) is 0 Å². The molecule has 0 bridgehead atoms. The van der Waals surface area contributed by atoms with Crippen molar-refractivity contribution in [2.45, 2.75) is 52.0 Å². The molecule has 1 aliphatic heterocycles. The van der Waals surface area contributed by atoms with E-state index in [9.17, 15) is 9.59 Å². The van der Waals surface area contributed by atoms with Crippen molar-refractivity contribution in [3.05, 3.63) is 33.9 Å². The Hall–Kier alpha value is -1.37. The Morgan fingerprint density at radius 2 is 1.60 bits per heavy atom. The number of fused-ring (bicyclic) bond motifs is 1. The van der Waals surface area contributed by atoms with Gasteiger partial charge in [0.2, 0.25) is 0 Å². The molecule has 2 rings (SSSR count). The third-order valence-corrected chi connectivity index (χ3v) is 7.95. The van der Waals surface area contributed by atoms with Crippen molar-refractivity contribution in [3.8, 4) is 0 Å². The standard InChI is InChI=1S/C20H26INO3/c1-10(2)20(21)16(9-17(24)25-15(7)23)18-13(5)11(3)12(4)14(6)19(18)22(20)8/h9-10H,1-8H3/b16-9-. The molecule has 0 fully saturated rings. The number of alkyl halides is 1. The number of likely N-dealkylation sites (N-methyl/N-ethyl adjacent to an activating group) is 1. The molecule has 1 aromatic rings. The van der Waals surface area contributed by atoms with Crippen molar-refractivity contribution in [3.63, 3.8) is 0 Å². The predicted molar refractivity (Wildman–Crippen MR) is 110 cm³/mol. The summed E-state index contributed by atoms with van der Waals surface area (Å²) in [7, 11) is 2.07. The minimum atomic E-state index is -0.610. The van der Waals surface area contributed by atoms with Gasteiger partial charge >= 0.3 is 11.9 Å². The van der Waals surface area contributed by atoms with Crippen molar-refractivity contribution in [2.75, 3.05) is 11.9 Å². The average molecular weight is 455 g/mol. The van der Waals surface area contributed by atoms with Crippen molar-refractivity contribution < 1.29 is 14.3 Å². The molecule has 136 valence electrons. The maximum atomic E-state index is 12.2. The van der Waals surface area contributed by atoms with Gasteiger partial charge in [-0.2, -0.15) is 0 Å². The van der Waals surface area contributed by atoms with Crippen LogP contribution >= 0.6 is 22.6 Å². The summed E-state index contributed by atoms with van der Waals surface area (Å²) in [5.41, 5.74) is 8.07. The molecular weight excluding hydrogens is 429 g/mol. The molecule has 0 aliphatic carbocycles. The van der Waals surface area contributed by atoms with E-state index in [1.807, 2.05) is 0 Å². The fourth-order valence-corrected chi connectivity index (χ4v) is 4.39. The number of nitrogens with zero attached hydrogens (tertiary/aromatic N) is 1. The molecule has 1 unspecified atom stereocenters. The first-order valence-corrected chi connectivity index (χ1v) is 9.50. The number of rotatable bonds is 2. The highest BCUT2D eigenvalue weighted by Gasteiger charge is 2.48. The Balaban J connectivity index is 2.84. The Kier molecular flexibility index (Phi) is 5.38. The molecular formula is C20H26INO3. The molecule has 1 atom stereocenters. The quantitative estimate of drug-likeness (QED) is 0.163. The molecule has 0 radical (unpaired) electrons. The fraction of sp³-hybridized carbons (Fsp3) is 0.500. The highest BCUT2D eigenvalue weighted by atomic mass is 127. The van der Waals surface area contributed by atoms with Gasteiger partial charge in [0.25, 0.3) is 0 Å². The minimum Gasteiger partial charge on any atom is -0.390 e. The van der Waals surface area contributed by atoms with E-state index in [4.69, 9.17) is 4.74 Å². The van der Waals surface area contributed by atoms with Crippen LogP contribution in [0, 0.1) is 33.6 Å². The summed E-state index contributed by atoms with van der Waals surface area (Å²) in [5.74, 6) is -0.952. The van der Waals surface area contributed by atoms with Crippen molar-refractivity contribution in [2.24, 2.45) is 5.92 Å². The van der Waals surface area contributed by atoms with Gasteiger partial charge in [0.15, 0.2) is 0 Å². The van der Waals surface area contributed by atoms with Crippen molar-refractivity contribution in [1.82, 2.24) is 0 Å². The van der Waals surface area contributed by atoms with Crippen LogP contribution in [-0.2, 0) is 14.3 Å². The number of halogens is 1. The van der Waals surface area contributed by atoms with E-state index in [1.54, 1.807) is 0 Å². The average Bonchev–Trinajstić information content (AvgIpc) is 2.73. The topological polar surface area (TPSA) is 46.6 Å².